The van der Waals surface area contributed by atoms with Gasteiger partial charge in [0.2, 0.25) is 0 Å². The van der Waals surface area contributed by atoms with Crippen molar-refractivity contribution in [1.82, 2.24) is 10.6 Å². The van der Waals surface area contributed by atoms with Crippen molar-refractivity contribution in [1.29, 1.82) is 0 Å². The molecule has 0 aliphatic heterocycles. The van der Waals surface area contributed by atoms with E-state index < -0.39 is 0 Å². The summed E-state index contributed by atoms with van der Waals surface area (Å²) in [4.78, 5) is 12.4. The Kier molecular flexibility index (Phi) is 6.32. The van der Waals surface area contributed by atoms with Crippen molar-refractivity contribution in [3.63, 3.8) is 0 Å². The lowest BCUT2D eigenvalue weighted by Crippen LogP contribution is -2.37. The van der Waals surface area contributed by atoms with E-state index in [9.17, 15) is 4.79 Å². The number of thiophene rings is 1. The lowest BCUT2D eigenvalue weighted by Gasteiger charge is -2.08. The molecule has 1 aromatic heterocycles. The summed E-state index contributed by atoms with van der Waals surface area (Å²) in [7, 11) is 0. The monoisotopic (exact) mass is 276 g/mol. The van der Waals surface area contributed by atoms with Crippen LogP contribution in [0.1, 0.15) is 18.2 Å². The lowest BCUT2D eigenvalue weighted by molar-refractivity contribution is 0.183. The van der Waals surface area contributed by atoms with Gasteiger partial charge in [-0.3, -0.25) is 0 Å². The summed E-state index contributed by atoms with van der Waals surface area (Å²) >= 11 is 7.32. The van der Waals surface area contributed by atoms with Crippen molar-refractivity contribution >= 4 is 29.0 Å². The molecule has 96 valence electrons. The third kappa shape index (κ3) is 6.51. The van der Waals surface area contributed by atoms with Crippen LogP contribution in [0.15, 0.2) is 12.1 Å². The highest BCUT2D eigenvalue weighted by Gasteiger charge is 2.02. The standard InChI is InChI=1S/C11H17ClN2O2S/c1-8(15)4-6-13-11(16)14-7-5-9-2-3-10(12)17-9/h2-3,8,15H,4-7H2,1H3,(H2,13,14,16). The second-order valence-electron chi connectivity index (χ2n) is 3.78. The number of rotatable bonds is 6. The first-order valence-corrected chi connectivity index (χ1v) is 6.71. The van der Waals surface area contributed by atoms with Crippen LogP contribution in [0.4, 0.5) is 4.79 Å². The quantitative estimate of drug-likeness (QED) is 0.744. The number of carbonyl (C=O) groups excluding carboxylic acids is 1. The molecule has 3 N–H and O–H groups in total. The van der Waals surface area contributed by atoms with Crippen LogP contribution in [-0.4, -0.2) is 30.3 Å². The molecule has 6 heteroatoms. The molecule has 1 atom stereocenters. The number of amides is 2. The zero-order chi connectivity index (χ0) is 12.7. The van der Waals surface area contributed by atoms with E-state index in [4.69, 9.17) is 16.7 Å². The highest BCUT2D eigenvalue weighted by Crippen LogP contribution is 2.21. The first-order valence-electron chi connectivity index (χ1n) is 5.52. The summed E-state index contributed by atoms with van der Waals surface area (Å²) in [6.45, 7) is 2.76. The van der Waals surface area contributed by atoms with Crippen molar-refractivity contribution in [2.24, 2.45) is 0 Å². The van der Waals surface area contributed by atoms with Crippen LogP contribution < -0.4 is 10.6 Å². The predicted molar refractivity (Wildman–Crippen MR) is 70.7 cm³/mol. The molecule has 0 saturated heterocycles. The molecule has 1 aromatic rings. The molecule has 0 fully saturated rings. The Morgan fingerprint density at radius 1 is 1.47 bits per heavy atom. The first-order chi connectivity index (χ1) is 8.08. The Hall–Kier alpha value is -0.780. The van der Waals surface area contributed by atoms with Crippen molar-refractivity contribution < 1.29 is 9.90 Å². The molecule has 0 bridgehead atoms. The Bertz CT molecular complexity index is 355. The first kappa shape index (κ1) is 14.3. The van der Waals surface area contributed by atoms with Crippen LogP contribution in [0.3, 0.4) is 0 Å². The zero-order valence-corrected chi connectivity index (χ0v) is 11.3. The van der Waals surface area contributed by atoms with Gasteiger partial charge in [0.1, 0.15) is 0 Å². The molecular formula is C11H17ClN2O2S. The fourth-order valence-electron chi connectivity index (χ4n) is 1.24. The largest absolute Gasteiger partial charge is 0.393 e. The maximum atomic E-state index is 11.3. The molecule has 0 saturated carbocycles. The minimum Gasteiger partial charge on any atom is -0.393 e. The molecule has 0 spiro atoms. The number of aliphatic hydroxyl groups excluding tert-OH is 1. The van der Waals surface area contributed by atoms with E-state index in [-0.39, 0.29) is 12.1 Å². The van der Waals surface area contributed by atoms with E-state index in [0.717, 1.165) is 15.6 Å². The van der Waals surface area contributed by atoms with Gasteiger partial charge in [-0.15, -0.1) is 11.3 Å². The van der Waals surface area contributed by atoms with E-state index in [1.165, 1.54) is 11.3 Å². The van der Waals surface area contributed by atoms with Gasteiger partial charge < -0.3 is 15.7 Å². The summed E-state index contributed by atoms with van der Waals surface area (Å²) in [5.74, 6) is 0. The molecule has 1 rings (SSSR count). The molecule has 2 amide bonds. The SMILES string of the molecule is CC(O)CCNC(=O)NCCc1ccc(Cl)s1. The molecular weight excluding hydrogens is 260 g/mol. The third-order valence-electron chi connectivity index (χ3n) is 2.13. The van der Waals surface area contributed by atoms with Crippen LogP contribution in [0.2, 0.25) is 4.34 Å². The van der Waals surface area contributed by atoms with Crippen molar-refractivity contribution in [3.05, 3.63) is 21.3 Å². The molecule has 4 nitrogen and oxygen atoms in total. The second kappa shape index (κ2) is 7.53. The van der Waals surface area contributed by atoms with Crippen molar-refractivity contribution in [2.45, 2.75) is 25.9 Å². The van der Waals surface area contributed by atoms with Crippen LogP contribution >= 0.6 is 22.9 Å². The van der Waals surface area contributed by atoms with Gasteiger partial charge in [0.25, 0.3) is 0 Å². The van der Waals surface area contributed by atoms with Gasteiger partial charge in [-0.25, -0.2) is 4.79 Å². The van der Waals surface area contributed by atoms with Crippen LogP contribution in [0, 0.1) is 0 Å². The van der Waals surface area contributed by atoms with E-state index in [0.29, 0.717) is 19.5 Å². The fourth-order valence-corrected chi connectivity index (χ4v) is 2.33. The van der Waals surface area contributed by atoms with Gasteiger partial charge in [-0.05, 0) is 31.9 Å². The second-order valence-corrected chi connectivity index (χ2v) is 5.58. The predicted octanol–water partition coefficient (Wildman–Crippen LogP) is 2.01. The normalized spacial score (nSPS) is 12.2. The summed E-state index contributed by atoms with van der Waals surface area (Å²) in [5, 5.41) is 14.4. The topological polar surface area (TPSA) is 61.4 Å². The average Bonchev–Trinajstić information content (AvgIpc) is 2.63. The summed E-state index contributed by atoms with van der Waals surface area (Å²) in [6, 6.07) is 3.61. The van der Waals surface area contributed by atoms with E-state index in [1.807, 2.05) is 12.1 Å². The number of halogens is 1. The fraction of sp³-hybridized carbons (Fsp3) is 0.545. The van der Waals surface area contributed by atoms with Crippen LogP contribution in [0.5, 0.6) is 0 Å². The minimum atomic E-state index is -0.386. The number of carbonyl (C=O) groups is 1. The molecule has 0 aliphatic carbocycles. The molecule has 0 aromatic carbocycles. The molecule has 0 aliphatic rings. The highest BCUT2D eigenvalue weighted by atomic mass is 35.5. The maximum absolute atomic E-state index is 11.3. The molecule has 1 heterocycles. The van der Waals surface area contributed by atoms with Crippen LogP contribution in [-0.2, 0) is 6.42 Å². The molecule has 17 heavy (non-hydrogen) atoms. The highest BCUT2D eigenvalue weighted by molar-refractivity contribution is 7.16. The Labute approximate surface area is 110 Å². The van der Waals surface area contributed by atoms with Gasteiger partial charge in [0.05, 0.1) is 10.4 Å². The summed E-state index contributed by atoms with van der Waals surface area (Å²) < 4.78 is 0.765. The number of aliphatic hydroxyl groups is 1. The van der Waals surface area contributed by atoms with Crippen molar-refractivity contribution in [2.75, 3.05) is 13.1 Å². The summed E-state index contributed by atoms with van der Waals surface area (Å²) in [6.07, 6.45) is 0.957. The van der Waals surface area contributed by atoms with Crippen LogP contribution in [0.25, 0.3) is 0 Å². The number of nitrogens with one attached hydrogen (secondary N) is 2. The molecule has 1 unspecified atom stereocenters. The Morgan fingerprint density at radius 3 is 2.76 bits per heavy atom. The number of hydrogen-bond acceptors (Lipinski definition) is 3. The Balaban J connectivity index is 2.08. The van der Waals surface area contributed by atoms with Crippen molar-refractivity contribution in [3.8, 4) is 0 Å². The smallest absolute Gasteiger partial charge is 0.314 e. The molecule has 0 radical (unpaired) electrons. The van der Waals surface area contributed by atoms with Gasteiger partial charge in [0, 0.05) is 18.0 Å². The number of hydrogen-bond donors (Lipinski definition) is 3. The minimum absolute atomic E-state index is 0.201. The van der Waals surface area contributed by atoms with Gasteiger partial charge >= 0.3 is 6.03 Å². The summed E-state index contributed by atoms with van der Waals surface area (Å²) in [5.41, 5.74) is 0. The average molecular weight is 277 g/mol. The maximum Gasteiger partial charge on any atom is 0.314 e. The van der Waals surface area contributed by atoms with Gasteiger partial charge in [-0.1, -0.05) is 11.6 Å². The Morgan fingerprint density at radius 2 is 2.18 bits per heavy atom. The third-order valence-corrected chi connectivity index (χ3v) is 3.42. The lowest BCUT2D eigenvalue weighted by atomic mass is 10.3. The zero-order valence-electron chi connectivity index (χ0n) is 9.70. The van der Waals surface area contributed by atoms with E-state index >= 15 is 0 Å². The van der Waals surface area contributed by atoms with Gasteiger partial charge in [0.15, 0.2) is 0 Å². The van der Waals surface area contributed by atoms with E-state index in [1.54, 1.807) is 6.92 Å². The number of urea groups is 1. The van der Waals surface area contributed by atoms with Gasteiger partial charge in [-0.2, -0.15) is 0 Å². The van der Waals surface area contributed by atoms with E-state index in [2.05, 4.69) is 10.6 Å².